The minimum atomic E-state index is -0.670. The van der Waals surface area contributed by atoms with Crippen molar-refractivity contribution in [2.45, 2.75) is 45.4 Å². The number of carboxylic acid groups (broad SMARTS) is 1. The van der Waals surface area contributed by atoms with E-state index in [0.717, 1.165) is 12.8 Å². The molecular formula is C8H16MnO2+2. The van der Waals surface area contributed by atoms with Crippen molar-refractivity contribution in [3.05, 3.63) is 0 Å². The second kappa shape index (κ2) is 9.99. The van der Waals surface area contributed by atoms with Crippen LogP contribution in [0.5, 0.6) is 0 Å². The Morgan fingerprint density at radius 2 is 1.73 bits per heavy atom. The van der Waals surface area contributed by atoms with Gasteiger partial charge in [0.25, 0.3) is 0 Å². The largest absolute Gasteiger partial charge is 2.00 e. The first-order chi connectivity index (χ1) is 4.77. The molecule has 0 aromatic carbocycles. The molecule has 3 heteroatoms. The smallest absolute Gasteiger partial charge is 0.481 e. The number of hydrogen-bond acceptors (Lipinski definition) is 1. The van der Waals surface area contributed by atoms with Gasteiger partial charge in [-0.15, -0.1) is 0 Å². The van der Waals surface area contributed by atoms with Crippen LogP contribution in [-0.4, -0.2) is 11.1 Å². The molecular weight excluding hydrogens is 183 g/mol. The average molecular weight is 199 g/mol. The van der Waals surface area contributed by atoms with Crippen LogP contribution in [0, 0.1) is 0 Å². The molecule has 0 rings (SSSR count). The van der Waals surface area contributed by atoms with Crippen LogP contribution in [-0.2, 0) is 21.9 Å². The van der Waals surface area contributed by atoms with Gasteiger partial charge in [-0.3, -0.25) is 4.79 Å². The van der Waals surface area contributed by atoms with Gasteiger partial charge < -0.3 is 5.11 Å². The summed E-state index contributed by atoms with van der Waals surface area (Å²) in [7, 11) is 0. The summed E-state index contributed by atoms with van der Waals surface area (Å²) >= 11 is 0. The van der Waals surface area contributed by atoms with Crippen LogP contribution in [0.25, 0.3) is 0 Å². The third kappa shape index (κ3) is 13.1. The fourth-order valence-corrected chi connectivity index (χ4v) is 0.880. The quantitative estimate of drug-likeness (QED) is 0.527. The van der Waals surface area contributed by atoms with Gasteiger partial charge in [0.15, 0.2) is 0 Å². The molecule has 0 saturated carbocycles. The molecule has 0 bridgehead atoms. The molecule has 0 spiro atoms. The van der Waals surface area contributed by atoms with Crippen LogP contribution in [0.3, 0.4) is 0 Å². The Bertz CT molecular complexity index is 94.1. The zero-order valence-electron chi connectivity index (χ0n) is 6.98. The predicted molar refractivity (Wildman–Crippen MR) is 41.0 cm³/mol. The molecule has 0 fully saturated rings. The number of unbranched alkanes of at least 4 members (excludes halogenated alkanes) is 4. The molecule has 0 aliphatic rings. The number of hydrogen-bond donors (Lipinski definition) is 1. The molecule has 0 aromatic heterocycles. The van der Waals surface area contributed by atoms with E-state index in [9.17, 15) is 4.79 Å². The maximum Gasteiger partial charge on any atom is 2.00 e. The molecule has 1 radical (unpaired) electrons. The van der Waals surface area contributed by atoms with Gasteiger partial charge in [-0.1, -0.05) is 32.6 Å². The normalized spacial score (nSPS) is 8.82. The molecule has 0 amide bonds. The maximum absolute atomic E-state index is 10.0. The first kappa shape index (κ1) is 13.6. The summed E-state index contributed by atoms with van der Waals surface area (Å²) < 4.78 is 0. The summed E-state index contributed by atoms with van der Waals surface area (Å²) in [6, 6.07) is 0. The Balaban J connectivity index is 0. The molecule has 0 heterocycles. The summed E-state index contributed by atoms with van der Waals surface area (Å²) in [5.41, 5.74) is 0. The van der Waals surface area contributed by atoms with Gasteiger partial charge in [0, 0.05) is 6.42 Å². The van der Waals surface area contributed by atoms with E-state index >= 15 is 0 Å². The monoisotopic (exact) mass is 199 g/mol. The Hall–Kier alpha value is -0.0105. The fraction of sp³-hybridized carbons (Fsp3) is 0.875. The molecule has 0 aromatic rings. The zero-order chi connectivity index (χ0) is 7.82. The molecule has 0 aliphatic heterocycles. The molecule has 0 saturated heterocycles. The van der Waals surface area contributed by atoms with Gasteiger partial charge in [-0.25, -0.2) is 0 Å². The van der Waals surface area contributed by atoms with E-state index in [0.29, 0.717) is 6.42 Å². The van der Waals surface area contributed by atoms with Gasteiger partial charge in [0.2, 0.25) is 0 Å². The minimum Gasteiger partial charge on any atom is -0.481 e. The molecule has 0 atom stereocenters. The van der Waals surface area contributed by atoms with Crippen molar-refractivity contribution >= 4 is 5.97 Å². The maximum atomic E-state index is 10.0. The molecule has 65 valence electrons. The van der Waals surface area contributed by atoms with Crippen LogP contribution < -0.4 is 0 Å². The van der Waals surface area contributed by atoms with Crippen molar-refractivity contribution in [3.8, 4) is 0 Å². The van der Waals surface area contributed by atoms with Crippen LogP contribution in [0.4, 0.5) is 0 Å². The summed E-state index contributed by atoms with van der Waals surface area (Å²) in [6.07, 6.45) is 5.88. The number of carboxylic acids is 1. The van der Waals surface area contributed by atoms with Crippen LogP contribution in [0.2, 0.25) is 0 Å². The number of aliphatic carboxylic acids is 1. The molecule has 0 aliphatic carbocycles. The average Bonchev–Trinajstić information content (AvgIpc) is 1.87. The van der Waals surface area contributed by atoms with Gasteiger partial charge in [0.1, 0.15) is 0 Å². The zero-order valence-corrected chi connectivity index (χ0v) is 8.16. The second-order valence-corrected chi connectivity index (χ2v) is 2.56. The Morgan fingerprint density at radius 1 is 1.18 bits per heavy atom. The van der Waals surface area contributed by atoms with Gasteiger partial charge in [-0.2, -0.15) is 0 Å². The summed E-state index contributed by atoms with van der Waals surface area (Å²) in [4.78, 5) is 10.0. The summed E-state index contributed by atoms with van der Waals surface area (Å²) in [6.45, 7) is 2.15. The van der Waals surface area contributed by atoms with Crippen molar-refractivity contribution in [2.75, 3.05) is 0 Å². The van der Waals surface area contributed by atoms with Gasteiger partial charge in [0.05, 0.1) is 0 Å². The second-order valence-electron chi connectivity index (χ2n) is 2.56. The summed E-state index contributed by atoms with van der Waals surface area (Å²) in [5.74, 6) is -0.670. The molecule has 2 nitrogen and oxygen atoms in total. The summed E-state index contributed by atoms with van der Waals surface area (Å²) in [5, 5.41) is 8.27. The third-order valence-corrected chi connectivity index (χ3v) is 1.49. The number of rotatable bonds is 6. The van der Waals surface area contributed by atoms with Crippen LogP contribution in [0.15, 0.2) is 0 Å². The van der Waals surface area contributed by atoms with E-state index in [-0.39, 0.29) is 17.1 Å². The SMILES string of the molecule is CCCCCCCC(=O)O.[Mn+2]. The van der Waals surface area contributed by atoms with Crippen molar-refractivity contribution in [1.29, 1.82) is 0 Å². The Morgan fingerprint density at radius 3 is 2.18 bits per heavy atom. The van der Waals surface area contributed by atoms with E-state index in [1.807, 2.05) is 0 Å². The standard InChI is InChI=1S/C8H16O2.Mn/c1-2-3-4-5-6-7-8(9)10;/h2-7H2,1H3,(H,9,10);/q;+2. The van der Waals surface area contributed by atoms with E-state index in [1.165, 1.54) is 19.3 Å². The minimum absolute atomic E-state index is 0. The van der Waals surface area contributed by atoms with Crippen molar-refractivity contribution in [3.63, 3.8) is 0 Å². The van der Waals surface area contributed by atoms with Gasteiger partial charge in [-0.05, 0) is 6.42 Å². The van der Waals surface area contributed by atoms with Crippen molar-refractivity contribution in [1.82, 2.24) is 0 Å². The predicted octanol–water partition coefficient (Wildman–Crippen LogP) is 2.43. The topological polar surface area (TPSA) is 37.3 Å². The van der Waals surface area contributed by atoms with E-state index in [4.69, 9.17) is 5.11 Å². The number of carbonyl (C=O) groups is 1. The Labute approximate surface area is 78.8 Å². The Kier molecular flexibility index (Phi) is 12.3. The molecule has 0 unspecified atom stereocenters. The molecule has 1 N–H and O–H groups in total. The van der Waals surface area contributed by atoms with Crippen molar-refractivity contribution in [2.24, 2.45) is 0 Å². The van der Waals surface area contributed by atoms with E-state index in [2.05, 4.69) is 6.92 Å². The van der Waals surface area contributed by atoms with E-state index in [1.54, 1.807) is 0 Å². The fourth-order valence-electron chi connectivity index (χ4n) is 0.880. The van der Waals surface area contributed by atoms with Crippen LogP contribution in [0.1, 0.15) is 45.4 Å². The first-order valence-electron chi connectivity index (χ1n) is 3.99. The third-order valence-electron chi connectivity index (χ3n) is 1.49. The van der Waals surface area contributed by atoms with Crippen molar-refractivity contribution < 1.29 is 27.0 Å². The first-order valence-corrected chi connectivity index (χ1v) is 3.99. The van der Waals surface area contributed by atoms with E-state index < -0.39 is 5.97 Å². The van der Waals surface area contributed by atoms with Crippen LogP contribution >= 0.6 is 0 Å². The van der Waals surface area contributed by atoms with Gasteiger partial charge >= 0.3 is 23.0 Å². The molecule has 11 heavy (non-hydrogen) atoms.